The van der Waals surface area contributed by atoms with Crippen LogP contribution in [0.4, 0.5) is 5.82 Å². The fraction of sp³-hybridized carbons (Fsp3) is 0.118. The summed E-state index contributed by atoms with van der Waals surface area (Å²) in [6, 6.07) is 12.1. The van der Waals surface area contributed by atoms with Crippen LogP contribution in [0, 0.1) is 0 Å². The summed E-state index contributed by atoms with van der Waals surface area (Å²) in [7, 11) is 3.52. The van der Waals surface area contributed by atoms with Crippen LogP contribution in [0.15, 0.2) is 42.7 Å². The molecule has 2 aromatic heterocycles. The molecule has 0 unspecified atom stereocenters. The first kappa shape index (κ1) is 13.5. The van der Waals surface area contributed by atoms with Gasteiger partial charge in [0.25, 0.3) is 0 Å². The fourth-order valence-electron chi connectivity index (χ4n) is 2.81. The van der Waals surface area contributed by atoms with Crippen LogP contribution >= 0.6 is 0 Å². The molecular weight excluding hydrogens is 290 g/mol. The van der Waals surface area contributed by atoms with Crippen molar-refractivity contribution in [3.05, 3.63) is 42.7 Å². The van der Waals surface area contributed by atoms with Gasteiger partial charge in [-0.05, 0) is 29.0 Å². The summed E-state index contributed by atoms with van der Waals surface area (Å²) in [4.78, 5) is 8.35. The summed E-state index contributed by atoms with van der Waals surface area (Å²) >= 11 is 0. The van der Waals surface area contributed by atoms with Gasteiger partial charge in [0.05, 0.1) is 12.5 Å². The van der Waals surface area contributed by atoms with E-state index in [1.807, 2.05) is 37.4 Å². The molecule has 0 spiro atoms. The van der Waals surface area contributed by atoms with Gasteiger partial charge in [0.2, 0.25) is 0 Å². The maximum atomic E-state index is 6.04. The molecule has 0 fully saturated rings. The molecule has 114 valence electrons. The molecule has 0 radical (unpaired) electrons. The third-order valence-electron chi connectivity index (χ3n) is 3.97. The first-order valence-electron chi connectivity index (χ1n) is 7.19. The molecule has 0 aliphatic heterocycles. The number of rotatable bonds is 2. The molecular formula is C17H15N5O. The van der Waals surface area contributed by atoms with E-state index in [1.165, 1.54) is 6.33 Å². The zero-order valence-corrected chi connectivity index (χ0v) is 12.8. The average molecular weight is 305 g/mol. The number of hydrogen-bond acceptors (Lipinski definition) is 5. The molecule has 6 heteroatoms. The van der Waals surface area contributed by atoms with Crippen LogP contribution in [-0.2, 0) is 7.05 Å². The summed E-state index contributed by atoms with van der Waals surface area (Å²) in [5.41, 5.74) is 8.53. The predicted molar refractivity (Wildman–Crippen MR) is 90.2 cm³/mol. The Hall–Kier alpha value is -3.15. The Balaban J connectivity index is 1.96. The highest BCUT2D eigenvalue weighted by molar-refractivity contribution is 6.00. The van der Waals surface area contributed by atoms with Crippen molar-refractivity contribution in [1.82, 2.24) is 19.7 Å². The van der Waals surface area contributed by atoms with Gasteiger partial charge in [-0.2, -0.15) is 5.10 Å². The van der Waals surface area contributed by atoms with Crippen molar-refractivity contribution in [3.8, 4) is 17.0 Å². The molecule has 0 bridgehead atoms. The summed E-state index contributed by atoms with van der Waals surface area (Å²) < 4.78 is 6.99. The van der Waals surface area contributed by atoms with Crippen molar-refractivity contribution in [3.63, 3.8) is 0 Å². The molecule has 0 amide bonds. The van der Waals surface area contributed by atoms with E-state index < -0.39 is 0 Å². The lowest BCUT2D eigenvalue weighted by molar-refractivity contribution is 0.415. The smallest absolute Gasteiger partial charge is 0.163 e. The molecule has 4 aromatic rings. The van der Waals surface area contributed by atoms with E-state index in [0.717, 1.165) is 38.8 Å². The third kappa shape index (κ3) is 2.07. The molecule has 6 nitrogen and oxygen atoms in total. The SMILES string of the molecule is COc1ccc2cc(-c3nn(C)c4ncnc(N)c34)ccc2c1. The number of nitrogen functional groups attached to an aromatic ring is 1. The van der Waals surface area contributed by atoms with Crippen LogP contribution in [0.2, 0.25) is 0 Å². The third-order valence-corrected chi connectivity index (χ3v) is 3.97. The van der Waals surface area contributed by atoms with Gasteiger partial charge >= 0.3 is 0 Å². The van der Waals surface area contributed by atoms with E-state index in [-0.39, 0.29) is 0 Å². The van der Waals surface area contributed by atoms with Gasteiger partial charge in [0, 0.05) is 12.6 Å². The number of nitrogens with zero attached hydrogens (tertiary/aromatic N) is 4. The number of aromatic nitrogens is 4. The van der Waals surface area contributed by atoms with E-state index in [4.69, 9.17) is 10.5 Å². The first-order chi connectivity index (χ1) is 11.2. The van der Waals surface area contributed by atoms with Gasteiger partial charge in [-0.25, -0.2) is 14.6 Å². The van der Waals surface area contributed by atoms with Gasteiger partial charge in [-0.1, -0.05) is 18.2 Å². The molecule has 4 rings (SSSR count). The summed E-state index contributed by atoms with van der Waals surface area (Å²) in [5.74, 6) is 1.28. The van der Waals surface area contributed by atoms with Crippen molar-refractivity contribution in [2.24, 2.45) is 7.05 Å². The summed E-state index contributed by atoms with van der Waals surface area (Å²) in [6.07, 6.45) is 1.45. The van der Waals surface area contributed by atoms with Crippen molar-refractivity contribution >= 4 is 27.6 Å². The zero-order valence-electron chi connectivity index (χ0n) is 12.8. The number of benzene rings is 2. The second-order valence-electron chi connectivity index (χ2n) is 5.36. The van der Waals surface area contributed by atoms with Crippen molar-refractivity contribution < 1.29 is 4.74 Å². The van der Waals surface area contributed by atoms with Crippen LogP contribution in [0.3, 0.4) is 0 Å². The van der Waals surface area contributed by atoms with Gasteiger partial charge in [0.15, 0.2) is 5.65 Å². The van der Waals surface area contributed by atoms with Crippen LogP contribution in [0.25, 0.3) is 33.1 Å². The molecule has 23 heavy (non-hydrogen) atoms. The van der Waals surface area contributed by atoms with E-state index >= 15 is 0 Å². The van der Waals surface area contributed by atoms with Gasteiger partial charge in [-0.3, -0.25) is 0 Å². The standard InChI is InChI=1S/C17H15N5O/c1-22-17-14(16(18)19-9-20-17)15(21-22)12-4-3-11-8-13(23-2)6-5-10(11)7-12/h3-9H,1-2H3,(H2,18,19,20). The Morgan fingerprint density at radius 3 is 2.65 bits per heavy atom. The van der Waals surface area contributed by atoms with Crippen LogP contribution in [-0.4, -0.2) is 26.9 Å². The van der Waals surface area contributed by atoms with E-state index in [1.54, 1.807) is 11.8 Å². The number of fused-ring (bicyclic) bond motifs is 2. The number of hydrogen-bond donors (Lipinski definition) is 1. The lowest BCUT2D eigenvalue weighted by Gasteiger charge is -2.05. The number of methoxy groups -OCH3 is 1. The Morgan fingerprint density at radius 2 is 1.83 bits per heavy atom. The van der Waals surface area contributed by atoms with Gasteiger partial charge in [-0.15, -0.1) is 0 Å². The van der Waals surface area contributed by atoms with Crippen LogP contribution in [0.1, 0.15) is 0 Å². The lowest BCUT2D eigenvalue weighted by atomic mass is 10.0. The summed E-state index contributed by atoms with van der Waals surface area (Å²) in [6.45, 7) is 0. The minimum Gasteiger partial charge on any atom is -0.497 e. The number of anilines is 1. The lowest BCUT2D eigenvalue weighted by Crippen LogP contribution is -1.95. The van der Waals surface area contributed by atoms with E-state index in [0.29, 0.717) is 5.82 Å². The predicted octanol–water partition coefficient (Wildman–Crippen LogP) is 2.77. The molecule has 0 aliphatic rings. The monoisotopic (exact) mass is 305 g/mol. The Kier molecular flexibility index (Phi) is 2.90. The molecule has 0 atom stereocenters. The van der Waals surface area contributed by atoms with Crippen molar-refractivity contribution in [2.75, 3.05) is 12.8 Å². The quantitative estimate of drug-likeness (QED) is 0.616. The topological polar surface area (TPSA) is 78.8 Å². The van der Waals surface area contributed by atoms with E-state index in [2.05, 4.69) is 21.1 Å². The van der Waals surface area contributed by atoms with Gasteiger partial charge < -0.3 is 10.5 Å². The molecule has 2 N–H and O–H groups in total. The number of nitrogens with two attached hydrogens (primary N) is 1. The molecule has 2 aromatic carbocycles. The highest BCUT2D eigenvalue weighted by Crippen LogP contribution is 2.32. The second-order valence-corrected chi connectivity index (χ2v) is 5.36. The number of aryl methyl sites for hydroxylation is 1. The highest BCUT2D eigenvalue weighted by atomic mass is 16.5. The van der Waals surface area contributed by atoms with Crippen molar-refractivity contribution in [2.45, 2.75) is 0 Å². The summed E-state index contributed by atoms with van der Waals surface area (Å²) in [5, 5.41) is 7.57. The second kappa shape index (κ2) is 4.95. The molecule has 0 saturated heterocycles. The molecule has 0 aliphatic carbocycles. The molecule has 2 heterocycles. The average Bonchev–Trinajstić information content (AvgIpc) is 2.92. The maximum Gasteiger partial charge on any atom is 0.163 e. The zero-order chi connectivity index (χ0) is 16.0. The van der Waals surface area contributed by atoms with Gasteiger partial charge in [0.1, 0.15) is 23.6 Å². The number of ether oxygens (including phenoxy) is 1. The van der Waals surface area contributed by atoms with Crippen LogP contribution in [0.5, 0.6) is 5.75 Å². The normalized spacial score (nSPS) is 11.2. The molecule has 0 saturated carbocycles. The van der Waals surface area contributed by atoms with E-state index in [9.17, 15) is 0 Å². The Bertz CT molecular complexity index is 1040. The Morgan fingerprint density at radius 1 is 1.04 bits per heavy atom. The minimum atomic E-state index is 0.438. The minimum absolute atomic E-state index is 0.438. The maximum absolute atomic E-state index is 6.04. The van der Waals surface area contributed by atoms with Crippen molar-refractivity contribution in [1.29, 1.82) is 0 Å². The first-order valence-corrected chi connectivity index (χ1v) is 7.19. The largest absolute Gasteiger partial charge is 0.497 e. The Labute approximate surface area is 132 Å². The highest BCUT2D eigenvalue weighted by Gasteiger charge is 2.15. The van der Waals surface area contributed by atoms with Crippen LogP contribution < -0.4 is 10.5 Å². The fourth-order valence-corrected chi connectivity index (χ4v) is 2.81.